The molecule has 3 aromatic rings. The summed E-state index contributed by atoms with van der Waals surface area (Å²) in [5.74, 6) is 0.252. The molecule has 0 fully saturated rings. The second-order valence-corrected chi connectivity index (χ2v) is 8.95. The van der Waals surface area contributed by atoms with Crippen molar-refractivity contribution in [3.05, 3.63) is 81.7 Å². The van der Waals surface area contributed by atoms with Gasteiger partial charge in [-0.05, 0) is 60.9 Å². The average molecular weight is 419 g/mol. The van der Waals surface area contributed by atoms with E-state index in [0.717, 1.165) is 42.5 Å². The summed E-state index contributed by atoms with van der Waals surface area (Å²) in [6.07, 6.45) is 3.72. The molecule has 0 radical (unpaired) electrons. The molecule has 0 unspecified atom stereocenters. The van der Waals surface area contributed by atoms with Crippen LogP contribution in [0.25, 0.3) is 0 Å². The van der Waals surface area contributed by atoms with Crippen molar-refractivity contribution in [3.8, 4) is 0 Å². The predicted molar refractivity (Wildman–Crippen MR) is 124 cm³/mol. The van der Waals surface area contributed by atoms with Crippen molar-refractivity contribution < 1.29 is 9.59 Å². The van der Waals surface area contributed by atoms with E-state index in [4.69, 9.17) is 0 Å². The molecule has 0 saturated carbocycles. The van der Waals surface area contributed by atoms with Crippen molar-refractivity contribution in [2.45, 2.75) is 39.5 Å². The largest absolute Gasteiger partial charge is 0.322 e. The number of amides is 2. The number of carbonyl (C=O) groups is 2. The van der Waals surface area contributed by atoms with Gasteiger partial charge in [-0.1, -0.05) is 50.2 Å². The number of benzene rings is 2. The normalized spacial score (nSPS) is 15.3. The second-order valence-electron chi connectivity index (χ2n) is 7.84. The van der Waals surface area contributed by atoms with Gasteiger partial charge in [0.05, 0.1) is 5.56 Å². The van der Waals surface area contributed by atoms with Gasteiger partial charge in [0.2, 0.25) is 0 Å². The Kier molecular flexibility index (Phi) is 6.00. The van der Waals surface area contributed by atoms with Crippen LogP contribution < -0.4 is 10.6 Å². The van der Waals surface area contributed by atoms with Crippen molar-refractivity contribution in [1.82, 2.24) is 0 Å². The lowest BCUT2D eigenvalue weighted by atomic mass is 9.88. The fraction of sp³-hybridized carbons (Fsp3) is 0.280. The van der Waals surface area contributed by atoms with Crippen LogP contribution in [0.5, 0.6) is 0 Å². The van der Waals surface area contributed by atoms with E-state index in [1.165, 1.54) is 4.88 Å². The Morgan fingerprint density at radius 3 is 2.50 bits per heavy atom. The molecule has 30 heavy (non-hydrogen) atoms. The predicted octanol–water partition coefficient (Wildman–Crippen LogP) is 5.94. The van der Waals surface area contributed by atoms with Gasteiger partial charge in [-0.3, -0.25) is 9.59 Å². The Morgan fingerprint density at radius 1 is 1.00 bits per heavy atom. The van der Waals surface area contributed by atoms with E-state index in [2.05, 4.69) is 24.5 Å². The van der Waals surface area contributed by atoms with Crippen molar-refractivity contribution >= 4 is 33.8 Å². The van der Waals surface area contributed by atoms with Crippen LogP contribution in [0.1, 0.15) is 57.0 Å². The van der Waals surface area contributed by atoms with E-state index in [1.54, 1.807) is 23.5 Å². The third-order valence-electron chi connectivity index (χ3n) is 5.65. The van der Waals surface area contributed by atoms with Gasteiger partial charge >= 0.3 is 0 Å². The first-order chi connectivity index (χ1) is 14.6. The number of carbonyl (C=O) groups excluding carboxylic acids is 2. The first-order valence-electron chi connectivity index (χ1n) is 10.5. The summed E-state index contributed by atoms with van der Waals surface area (Å²) in [6.45, 7) is 4.31. The number of hydrogen-bond donors (Lipinski definition) is 2. The zero-order valence-electron chi connectivity index (χ0n) is 17.3. The number of rotatable bonds is 5. The van der Waals surface area contributed by atoms with E-state index >= 15 is 0 Å². The fourth-order valence-electron chi connectivity index (χ4n) is 3.98. The van der Waals surface area contributed by atoms with Crippen LogP contribution in [-0.2, 0) is 19.3 Å². The molecular weight excluding hydrogens is 392 g/mol. The number of para-hydroxylation sites is 1. The zero-order valence-corrected chi connectivity index (χ0v) is 18.1. The Bertz CT molecular complexity index is 1070. The quantitative estimate of drug-likeness (QED) is 0.539. The summed E-state index contributed by atoms with van der Waals surface area (Å²) in [4.78, 5) is 27.4. The molecule has 4 nitrogen and oxygen atoms in total. The fourth-order valence-corrected chi connectivity index (χ4v) is 5.38. The van der Waals surface area contributed by atoms with Crippen LogP contribution in [0.15, 0.2) is 54.6 Å². The van der Waals surface area contributed by atoms with Crippen molar-refractivity contribution in [3.63, 3.8) is 0 Å². The van der Waals surface area contributed by atoms with Gasteiger partial charge in [0.25, 0.3) is 11.8 Å². The summed E-state index contributed by atoms with van der Waals surface area (Å²) in [7, 11) is 0. The van der Waals surface area contributed by atoms with Gasteiger partial charge in [-0.25, -0.2) is 0 Å². The number of fused-ring (bicyclic) bond motifs is 1. The van der Waals surface area contributed by atoms with Gasteiger partial charge in [0.1, 0.15) is 5.00 Å². The Balaban J connectivity index is 1.68. The maximum atomic E-state index is 13.4. The number of hydrogen-bond acceptors (Lipinski definition) is 3. The van der Waals surface area contributed by atoms with Crippen LogP contribution in [0.4, 0.5) is 10.7 Å². The van der Waals surface area contributed by atoms with Crippen molar-refractivity contribution in [2.24, 2.45) is 5.92 Å². The molecule has 4 rings (SSSR count). The standard InChI is InChI=1S/C25H26N2O2S/c1-3-17-9-7-8-12-20(17)26-24(29)22-19-14-13-16(2)15-21(19)30-25(22)27-23(28)18-10-5-4-6-11-18/h4-12,16H,3,13-15H2,1-2H3,(H,26,29)(H,27,28)/t16-/m1/s1. The molecule has 0 saturated heterocycles. The van der Waals surface area contributed by atoms with Crippen LogP contribution in [-0.4, -0.2) is 11.8 Å². The molecule has 2 amide bonds. The number of anilines is 2. The first-order valence-corrected chi connectivity index (χ1v) is 11.3. The molecule has 0 bridgehead atoms. The van der Waals surface area contributed by atoms with Gasteiger partial charge in [0.15, 0.2) is 0 Å². The molecule has 1 atom stereocenters. The average Bonchev–Trinajstić information content (AvgIpc) is 3.11. The summed E-state index contributed by atoms with van der Waals surface area (Å²) in [5.41, 5.74) is 4.22. The SMILES string of the molecule is CCc1ccccc1NC(=O)c1c(NC(=O)c2ccccc2)sc2c1CC[C@@H](C)C2. The number of thiophene rings is 1. The highest BCUT2D eigenvalue weighted by atomic mass is 32.1. The summed E-state index contributed by atoms with van der Waals surface area (Å²) >= 11 is 1.54. The Labute approximate surface area is 181 Å². The van der Waals surface area contributed by atoms with Gasteiger partial charge in [0, 0.05) is 16.1 Å². The van der Waals surface area contributed by atoms with Crippen LogP contribution >= 0.6 is 11.3 Å². The molecule has 2 aromatic carbocycles. The maximum absolute atomic E-state index is 13.4. The van der Waals surface area contributed by atoms with E-state index in [-0.39, 0.29) is 11.8 Å². The summed E-state index contributed by atoms with van der Waals surface area (Å²) in [5, 5.41) is 6.76. The molecule has 1 aliphatic carbocycles. The number of nitrogens with one attached hydrogen (secondary N) is 2. The molecule has 0 aliphatic heterocycles. The Morgan fingerprint density at radius 2 is 1.73 bits per heavy atom. The molecule has 1 aromatic heterocycles. The lowest BCUT2D eigenvalue weighted by Crippen LogP contribution is -2.20. The van der Waals surface area contributed by atoms with Crippen LogP contribution in [0.3, 0.4) is 0 Å². The minimum Gasteiger partial charge on any atom is -0.322 e. The van der Waals surface area contributed by atoms with Gasteiger partial charge in [-0.15, -0.1) is 11.3 Å². The highest BCUT2D eigenvalue weighted by Gasteiger charge is 2.28. The minimum atomic E-state index is -0.190. The van der Waals surface area contributed by atoms with E-state index < -0.39 is 0 Å². The third-order valence-corrected chi connectivity index (χ3v) is 6.82. The third kappa shape index (κ3) is 4.17. The van der Waals surface area contributed by atoms with Gasteiger partial charge < -0.3 is 10.6 Å². The Hall–Kier alpha value is -2.92. The maximum Gasteiger partial charge on any atom is 0.258 e. The molecule has 1 heterocycles. The minimum absolute atomic E-state index is 0.147. The molecular formula is C25H26N2O2S. The second kappa shape index (κ2) is 8.84. The van der Waals surface area contributed by atoms with E-state index in [1.807, 2.05) is 42.5 Å². The number of aryl methyl sites for hydroxylation is 1. The smallest absolute Gasteiger partial charge is 0.258 e. The van der Waals surface area contributed by atoms with E-state index in [9.17, 15) is 9.59 Å². The molecule has 1 aliphatic rings. The highest BCUT2D eigenvalue weighted by Crippen LogP contribution is 2.40. The van der Waals surface area contributed by atoms with E-state index in [0.29, 0.717) is 22.0 Å². The van der Waals surface area contributed by atoms with Crippen molar-refractivity contribution in [2.75, 3.05) is 10.6 Å². The molecule has 0 spiro atoms. The lowest BCUT2D eigenvalue weighted by Gasteiger charge is -2.19. The monoisotopic (exact) mass is 418 g/mol. The highest BCUT2D eigenvalue weighted by molar-refractivity contribution is 7.17. The van der Waals surface area contributed by atoms with Gasteiger partial charge in [-0.2, -0.15) is 0 Å². The van der Waals surface area contributed by atoms with Crippen molar-refractivity contribution in [1.29, 1.82) is 0 Å². The molecule has 2 N–H and O–H groups in total. The van der Waals surface area contributed by atoms with Crippen LogP contribution in [0.2, 0.25) is 0 Å². The first kappa shape index (κ1) is 20.4. The lowest BCUT2D eigenvalue weighted by molar-refractivity contribution is 0.102. The molecule has 154 valence electrons. The summed E-state index contributed by atoms with van der Waals surface area (Å²) in [6, 6.07) is 17.0. The zero-order chi connectivity index (χ0) is 21.1. The van der Waals surface area contributed by atoms with Crippen LogP contribution in [0, 0.1) is 5.92 Å². The molecule has 5 heteroatoms. The summed E-state index contributed by atoms with van der Waals surface area (Å²) < 4.78 is 0. The topological polar surface area (TPSA) is 58.2 Å².